The lowest BCUT2D eigenvalue weighted by Gasteiger charge is -2.19. The number of hydrogen-bond acceptors (Lipinski definition) is 1. The van der Waals surface area contributed by atoms with Gasteiger partial charge in [0.2, 0.25) is 0 Å². The fourth-order valence-corrected chi connectivity index (χ4v) is 2.13. The molecule has 1 atom stereocenters. The van der Waals surface area contributed by atoms with Crippen molar-refractivity contribution in [3.63, 3.8) is 0 Å². The highest BCUT2D eigenvalue weighted by atomic mass is 35.5. The quantitative estimate of drug-likeness (QED) is 0.815. The highest BCUT2D eigenvalue weighted by Gasteiger charge is 2.13. The Morgan fingerprint density at radius 3 is 2.61 bits per heavy atom. The van der Waals surface area contributed by atoms with Crippen molar-refractivity contribution in [2.24, 2.45) is 0 Å². The van der Waals surface area contributed by atoms with Gasteiger partial charge in [-0.2, -0.15) is 0 Å². The van der Waals surface area contributed by atoms with Gasteiger partial charge < -0.3 is 5.32 Å². The van der Waals surface area contributed by atoms with Crippen LogP contribution in [0.5, 0.6) is 0 Å². The topological polar surface area (TPSA) is 12.0 Å². The average Bonchev–Trinajstić information content (AvgIpc) is 2.37. The molecule has 0 aromatic heterocycles. The van der Waals surface area contributed by atoms with Crippen LogP contribution in [0.3, 0.4) is 0 Å². The van der Waals surface area contributed by atoms with Crippen LogP contribution in [0, 0.1) is 5.82 Å². The molecule has 0 amide bonds. The van der Waals surface area contributed by atoms with E-state index in [0.717, 1.165) is 12.1 Å². The lowest BCUT2D eigenvalue weighted by molar-refractivity contribution is 0.587. The molecule has 0 saturated carbocycles. The third kappa shape index (κ3) is 3.02. The predicted molar refractivity (Wildman–Crippen MR) is 74.5 cm³/mol. The van der Waals surface area contributed by atoms with E-state index >= 15 is 0 Å². The maximum absolute atomic E-state index is 13.7. The summed E-state index contributed by atoms with van der Waals surface area (Å²) < 4.78 is 13.7. The molecule has 0 aliphatic carbocycles. The van der Waals surface area contributed by atoms with Crippen LogP contribution in [0.2, 0.25) is 5.02 Å². The van der Waals surface area contributed by atoms with Gasteiger partial charge in [-0.15, -0.1) is 0 Å². The van der Waals surface area contributed by atoms with E-state index in [1.165, 1.54) is 6.07 Å². The van der Waals surface area contributed by atoms with Crippen LogP contribution in [0.1, 0.15) is 24.9 Å². The van der Waals surface area contributed by atoms with E-state index in [4.69, 9.17) is 11.6 Å². The summed E-state index contributed by atoms with van der Waals surface area (Å²) in [7, 11) is 0. The van der Waals surface area contributed by atoms with Crippen LogP contribution in [0.15, 0.2) is 48.5 Å². The van der Waals surface area contributed by atoms with Gasteiger partial charge in [0.15, 0.2) is 0 Å². The van der Waals surface area contributed by atoms with Crippen molar-refractivity contribution in [2.75, 3.05) is 5.32 Å². The van der Waals surface area contributed by atoms with Crippen molar-refractivity contribution in [1.82, 2.24) is 0 Å². The Labute approximate surface area is 112 Å². The molecule has 94 valence electrons. The molecule has 0 radical (unpaired) electrons. The summed E-state index contributed by atoms with van der Waals surface area (Å²) in [4.78, 5) is 0. The van der Waals surface area contributed by atoms with E-state index in [0.29, 0.717) is 10.6 Å². The molecule has 2 aromatic carbocycles. The van der Waals surface area contributed by atoms with Gasteiger partial charge in [-0.25, -0.2) is 4.39 Å². The highest BCUT2D eigenvalue weighted by molar-refractivity contribution is 6.30. The Hall–Kier alpha value is -1.54. The van der Waals surface area contributed by atoms with E-state index in [1.807, 2.05) is 37.3 Å². The molecule has 0 bridgehead atoms. The molecule has 18 heavy (non-hydrogen) atoms. The number of rotatable bonds is 4. The van der Waals surface area contributed by atoms with Gasteiger partial charge in [-0.3, -0.25) is 0 Å². The molecular weight excluding hydrogens is 249 g/mol. The zero-order chi connectivity index (χ0) is 13.0. The maximum Gasteiger partial charge on any atom is 0.128 e. The molecule has 0 saturated heterocycles. The SMILES string of the molecule is CCC(Nc1cccc(Cl)c1)c1ccccc1F. The van der Waals surface area contributed by atoms with Gasteiger partial charge in [-0.05, 0) is 30.7 Å². The second-order valence-corrected chi connectivity index (χ2v) is 4.57. The monoisotopic (exact) mass is 263 g/mol. The van der Waals surface area contributed by atoms with Gasteiger partial charge in [0.1, 0.15) is 5.82 Å². The summed E-state index contributed by atoms with van der Waals surface area (Å²) >= 11 is 5.93. The lowest BCUT2D eigenvalue weighted by Crippen LogP contribution is -2.11. The molecule has 3 heteroatoms. The normalized spacial score (nSPS) is 12.2. The predicted octanol–water partition coefficient (Wildman–Crippen LogP) is 5.04. The first kappa shape index (κ1) is 12.9. The van der Waals surface area contributed by atoms with Crippen molar-refractivity contribution in [1.29, 1.82) is 0 Å². The minimum atomic E-state index is -0.182. The van der Waals surface area contributed by atoms with Crippen LogP contribution >= 0.6 is 11.6 Å². The van der Waals surface area contributed by atoms with Gasteiger partial charge in [-0.1, -0.05) is 42.8 Å². The minimum absolute atomic E-state index is 0.0512. The number of benzene rings is 2. The lowest BCUT2D eigenvalue weighted by atomic mass is 10.0. The zero-order valence-corrected chi connectivity index (χ0v) is 10.9. The summed E-state index contributed by atoms with van der Waals surface area (Å²) in [5.74, 6) is -0.182. The van der Waals surface area contributed by atoms with E-state index < -0.39 is 0 Å². The smallest absolute Gasteiger partial charge is 0.128 e. The standard InChI is InChI=1S/C15H15ClFN/c1-2-15(13-8-3-4-9-14(13)17)18-12-7-5-6-11(16)10-12/h3-10,15,18H,2H2,1H3. The molecule has 0 spiro atoms. The Morgan fingerprint density at radius 1 is 1.17 bits per heavy atom. The number of nitrogens with one attached hydrogen (secondary N) is 1. The van der Waals surface area contributed by atoms with Crippen molar-refractivity contribution < 1.29 is 4.39 Å². The summed E-state index contributed by atoms with van der Waals surface area (Å²) in [5.41, 5.74) is 1.58. The molecule has 1 N–H and O–H groups in total. The Kier molecular flexibility index (Phi) is 4.21. The molecule has 0 fully saturated rings. The van der Waals surface area contributed by atoms with Gasteiger partial charge in [0.05, 0.1) is 6.04 Å². The van der Waals surface area contributed by atoms with Crippen molar-refractivity contribution in [3.05, 3.63) is 64.9 Å². The van der Waals surface area contributed by atoms with E-state index in [9.17, 15) is 4.39 Å². The molecule has 2 rings (SSSR count). The molecular formula is C15H15ClFN. The van der Waals surface area contributed by atoms with Gasteiger partial charge in [0.25, 0.3) is 0 Å². The number of anilines is 1. The molecule has 2 aromatic rings. The zero-order valence-electron chi connectivity index (χ0n) is 10.2. The van der Waals surface area contributed by atoms with E-state index in [2.05, 4.69) is 5.32 Å². The van der Waals surface area contributed by atoms with Crippen LogP contribution in [-0.2, 0) is 0 Å². The molecule has 0 heterocycles. The summed E-state index contributed by atoms with van der Waals surface area (Å²) in [6.07, 6.45) is 0.799. The first-order valence-electron chi connectivity index (χ1n) is 5.97. The second-order valence-electron chi connectivity index (χ2n) is 4.14. The van der Waals surface area contributed by atoms with Crippen LogP contribution in [0.25, 0.3) is 0 Å². The largest absolute Gasteiger partial charge is 0.378 e. The third-order valence-electron chi connectivity index (χ3n) is 2.85. The van der Waals surface area contributed by atoms with Crippen molar-refractivity contribution in [2.45, 2.75) is 19.4 Å². The summed E-state index contributed by atoms with van der Waals surface area (Å²) in [5, 5.41) is 3.97. The van der Waals surface area contributed by atoms with Gasteiger partial charge >= 0.3 is 0 Å². The Bertz CT molecular complexity index is 527. The average molecular weight is 264 g/mol. The Balaban J connectivity index is 2.23. The summed E-state index contributed by atoms with van der Waals surface area (Å²) in [6.45, 7) is 2.02. The number of hydrogen-bond donors (Lipinski definition) is 1. The molecule has 0 aliphatic rings. The first-order valence-corrected chi connectivity index (χ1v) is 6.35. The fraction of sp³-hybridized carbons (Fsp3) is 0.200. The van der Waals surface area contributed by atoms with E-state index in [-0.39, 0.29) is 11.9 Å². The van der Waals surface area contributed by atoms with Crippen molar-refractivity contribution >= 4 is 17.3 Å². The van der Waals surface area contributed by atoms with E-state index in [1.54, 1.807) is 12.1 Å². The molecule has 1 nitrogen and oxygen atoms in total. The first-order chi connectivity index (χ1) is 8.70. The minimum Gasteiger partial charge on any atom is -0.378 e. The summed E-state index contributed by atoms with van der Waals surface area (Å²) in [6, 6.07) is 14.2. The molecule has 0 aliphatic heterocycles. The number of halogens is 2. The second kappa shape index (κ2) is 5.87. The Morgan fingerprint density at radius 2 is 1.94 bits per heavy atom. The van der Waals surface area contributed by atoms with Crippen LogP contribution < -0.4 is 5.32 Å². The highest BCUT2D eigenvalue weighted by Crippen LogP contribution is 2.25. The third-order valence-corrected chi connectivity index (χ3v) is 3.09. The van der Waals surface area contributed by atoms with Gasteiger partial charge in [0, 0.05) is 16.3 Å². The van der Waals surface area contributed by atoms with Crippen LogP contribution in [0.4, 0.5) is 10.1 Å². The van der Waals surface area contributed by atoms with Crippen molar-refractivity contribution in [3.8, 4) is 0 Å². The fourth-order valence-electron chi connectivity index (χ4n) is 1.94. The molecule has 1 unspecified atom stereocenters. The maximum atomic E-state index is 13.7. The van der Waals surface area contributed by atoms with Crippen LogP contribution in [-0.4, -0.2) is 0 Å².